The Bertz CT molecular complexity index is 1050. The molecule has 1 N–H and O–H groups in total. The second-order valence-corrected chi connectivity index (χ2v) is 8.62. The SMILES string of the molecule is CC(C)(C)OC(=O)Nc1cn(S(=O)(=O)c2ccccc2)c2ccccc12. The van der Waals surface area contributed by atoms with E-state index in [1.165, 1.54) is 22.3 Å². The molecule has 0 radical (unpaired) electrons. The number of anilines is 1. The largest absolute Gasteiger partial charge is 0.444 e. The van der Waals surface area contributed by atoms with Gasteiger partial charge in [-0.3, -0.25) is 5.32 Å². The van der Waals surface area contributed by atoms with Crippen LogP contribution in [0.2, 0.25) is 0 Å². The maximum Gasteiger partial charge on any atom is 0.412 e. The minimum atomic E-state index is -3.79. The third kappa shape index (κ3) is 3.57. The van der Waals surface area contributed by atoms with Crippen LogP contribution in [0.3, 0.4) is 0 Å². The van der Waals surface area contributed by atoms with Crippen molar-refractivity contribution in [3.8, 4) is 0 Å². The Morgan fingerprint density at radius 1 is 1.00 bits per heavy atom. The van der Waals surface area contributed by atoms with Gasteiger partial charge in [0.25, 0.3) is 10.0 Å². The Hall–Kier alpha value is -2.80. The van der Waals surface area contributed by atoms with Crippen LogP contribution in [0.5, 0.6) is 0 Å². The van der Waals surface area contributed by atoms with E-state index >= 15 is 0 Å². The quantitative estimate of drug-likeness (QED) is 0.746. The fourth-order valence-electron chi connectivity index (χ4n) is 2.57. The zero-order valence-corrected chi connectivity index (χ0v) is 15.6. The summed E-state index contributed by atoms with van der Waals surface area (Å²) in [7, 11) is -3.79. The standard InChI is InChI=1S/C19H20N2O4S/c1-19(2,3)25-18(22)20-16-13-21(17-12-8-7-11-15(16)17)26(23,24)14-9-5-4-6-10-14/h4-13H,1-3H3,(H,20,22). The van der Waals surface area contributed by atoms with Gasteiger partial charge in [-0.15, -0.1) is 0 Å². The van der Waals surface area contributed by atoms with Gasteiger partial charge in [0, 0.05) is 11.6 Å². The molecule has 0 saturated heterocycles. The Kier molecular flexibility index (Phi) is 4.50. The molecule has 6 nitrogen and oxygen atoms in total. The molecule has 0 fully saturated rings. The number of hydrogen-bond donors (Lipinski definition) is 1. The van der Waals surface area contributed by atoms with Crippen molar-refractivity contribution >= 4 is 32.7 Å². The van der Waals surface area contributed by atoms with Gasteiger partial charge < -0.3 is 4.74 Å². The molecule has 0 saturated carbocycles. The number of fused-ring (bicyclic) bond motifs is 1. The summed E-state index contributed by atoms with van der Waals surface area (Å²) in [4.78, 5) is 12.3. The third-order valence-electron chi connectivity index (χ3n) is 3.61. The second-order valence-electron chi connectivity index (χ2n) is 6.80. The maximum absolute atomic E-state index is 13.0. The molecule has 136 valence electrons. The fraction of sp³-hybridized carbons (Fsp3) is 0.211. The molecule has 0 aliphatic rings. The lowest BCUT2D eigenvalue weighted by Crippen LogP contribution is -2.27. The van der Waals surface area contributed by atoms with Crippen LogP contribution in [-0.2, 0) is 14.8 Å². The Morgan fingerprint density at radius 3 is 2.27 bits per heavy atom. The summed E-state index contributed by atoms with van der Waals surface area (Å²) in [5, 5.41) is 3.25. The molecule has 26 heavy (non-hydrogen) atoms. The first-order valence-corrected chi connectivity index (χ1v) is 9.53. The van der Waals surface area contributed by atoms with Crippen LogP contribution in [0.4, 0.5) is 10.5 Å². The Labute approximate surface area is 152 Å². The summed E-state index contributed by atoms with van der Waals surface area (Å²) in [5.41, 5.74) is 0.190. The Morgan fingerprint density at radius 2 is 1.62 bits per heavy atom. The molecule has 3 rings (SSSR count). The highest BCUT2D eigenvalue weighted by Gasteiger charge is 2.23. The number of nitrogens with one attached hydrogen (secondary N) is 1. The highest BCUT2D eigenvalue weighted by atomic mass is 32.2. The normalized spacial score (nSPS) is 12.1. The van der Waals surface area contributed by atoms with Gasteiger partial charge >= 0.3 is 6.09 Å². The smallest absolute Gasteiger partial charge is 0.412 e. The molecule has 0 bridgehead atoms. The summed E-state index contributed by atoms with van der Waals surface area (Å²) in [5.74, 6) is 0. The Balaban J connectivity index is 2.08. The number of hydrogen-bond acceptors (Lipinski definition) is 4. The first-order chi connectivity index (χ1) is 12.2. The molecule has 1 amide bonds. The zero-order chi connectivity index (χ0) is 18.9. The van der Waals surface area contributed by atoms with Crippen LogP contribution >= 0.6 is 0 Å². The number of rotatable bonds is 3. The molecule has 0 unspecified atom stereocenters. The lowest BCUT2D eigenvalue weighted by Gasteiger charge is -2.19. The number of ether oxygens (including phenoxy) is 1. The number of nitrogens with zero attached hydrogens (tertiary/aromatic N) is 1. The molecule has 2 aromatic carbocycles. The lowest BCUT2D eigenvalue weighted by molar-refractivity contribution is 0.0636. The van der Waals surface area contributed by atoms with E-state index in [-0.39, 0.29) is 4.90 Å². The van der Waals surface area contributed by atoms with E-state index in [0.717, 1.165) is 0 Å². The molecule has 3 aromatic rings. The predicted molar refractivity (Wildman–Crippen MR) is 101 cm³/mol. The number of carbonyl (C=O) groups is 1. The van der Waals surface area contributed by atoms with Crippen LogP contribution in [0.15, 0.2) is 65.7 Å². The van der Waals surface area contributed by atoms with Crippen LogP contribution in [0.25, 0.3) is 10.9 Å². The highest BCUT2D eigenvalue weighted by molar-refractivity contribution is 7.90. The predicted octanol–water partition coefficient (Wildman–Crippen LogP) is 4.23. The number of carbonyl (C=O) groups excluding carboxylic acids is 1. The van der Waals surface area contributed by atoms with E-state index in [0.29, 0.717) is 16.6 Å². The topological polar surface area (TPSA) is 77.4 Å². The highest BCUT2D eigenvalue weighted by Crippen LogP contribution is 2.29. The molecule has 0 aliphatic carbocycles. The van der Waals surface area contributed by atoms with Crippen molar-refractivity contribution in [2.45, 2.75) is 31.3 Å². The molecule has 7 heteroatoms. The number of para-hydroxylation sites is 1. The summed E-state index contributed by atoms with van der Waals surface area (Å²) < 4.78 is 32.4. The summed E-state index contributed by atoms with van der Waals surface area (Å²) >= 11 is 0. The van der Waals surface area contributed by atoms with Gasteiger partial charge in [-0.2, -0.15) is 0 Å². The molecule has 0 atom stereocenters. The average Bonchev–Trinajstić information content (AvgIpc) is 2.93. The van der Waals surface area contributed by atoms with Crippen molar-refractivity contribution in [3.05, 3.63) is 60.8 Å². The van der Waals surface area contributed by atoms with E-state index in [1.807, 2.05) is 0 Å². The van der Waals surface area contributed by atoms with E-state index in [4.69, 9.17) is 4.74 Å². The molecule has 1 heterocycles. The molecular formula is C19H20N2O4S. The molecule has 1 aromatic heterocycles. The minimum absolute atomic E-state index is 0.171. The summed E-state index contributed by atoms with van der Waals surface area (Å²) in [6.07, 6.45) is 0.759. The third-order valence-corrected chi connectivity index (χ3v) is 5.30. The number of amides is 1. The molecule has 0 spiro atoms. The van der Waals surface area contributed by atoms with Gasteiger partial charge in [-0.1, -0.05) is 36.4 Å². The van der Waals surface area contributed by atoms with Gasteiger partial charge in [0.2, 0.25) is 0 Å². The lowest BCUT2D eigenvalue weighted by atomic mass is 10.2. The van der Waals surface area contributed by atoms with Crippen LogP contribution in [0, 0.1) is 0 Å². The van der Waals surface area contributed by atoms with Crippen molar-refractivity contribution in [3.63, 3.8) is 0 Å². The fourth-order valence-corrected chi connectivity index (χ4v) is 3.96. The van der Waals surface area contributed by atoms with E-state index < -0.39 is 21.7 Å². The summed E-state index contributed by atoms with van der Waals surface area (Å²) in [6, 6.07) is 15.1. The van der Waals surface area contributed by atoms with Gasteiger partial charge in [0.15, 0.2) is 0 Å². The monoisotopic (exact) mass is 372 g/mol. The van der Waals surface area contributed by atoms with E-state index in [1.54, 1.807) is 63.2 Å². The number of benzene rings is 2. The zero-order valence-electron chi connectivity index (χ0n) is 14.8. The van der Waals surface area contributed by atoms with Gasteiger partial charge in [0.1, 0.15) is 5.60 Å². The number of aromatic nitrogens is 1. The average molecular weight is 372 g/mol. The van der Waals surface area contributed by atoms with Crippen molar-refractivity contribution in [2.75, 3.05) is 5.32 Å². The first-order valence-electron chi connectivity index (χ1n) is 8.09. The van der Waals surface area contributed by atoms with Crippen molar-refractivity contribution in [1.82, 2.24) is 3.97 Å². The molecule has 0 aliphatic heterocycles. The van der Waals surface area contributed by atoms with E-state index in [9.17, 15) is 13.2 Å². The van der Waals surface area contributed by atoms with Gasteiger partial charge in [-0.25, -0.2) is 17.2 Å². The molecular weight excluding hydrogens is 352 g/mol. The van der Waals surface area contributed by atoms with Crippen LogP contribution < -0.4 is 5.32 Å². The van der Waals surface area contributed by atoms with Crippen LogP contribution in [0.1, 0.15) is 20.8 Å². The second kappa shape index (κ2) is 6.49. The van der Waals surface area contributed by atoms with Crippen LogP contribution in [-0.4, -0.2) is 24.1 Å². The van der Waals surface area contributed by atoms with Gasteiger partial charge in [-0.05, 0) is 39.0 Å². The summed E-state index contributed by atoms with van der Waals surface area (Å²) in [6.45, 7) is 5.28. The van der Waals surface area contributed by atoms with Crippen molar-refractivity contribution in [1.29, 1.82) is 0 Å². The van der Waals surface area contributed by atoms with Gasteiger partial charge in [0.05, 0.1) is 16.1 Å². The van der Waals surface area contributed by atoms with Crippen molar-refractivity contribution in [2.24, 2.45) is 0 Å². The van der Waals surface area contributed by atoms with E-state index in [2.05, 4.69) is 5.32 Å². The van der Waals surface area contributed by atoms with Crippen molar-refractivity contribution < 1.29 is 17.9 Å². The minimum Gasteiger partial charge on any atom is -0.444 e. The maximum atomic E-state index is 13.0. The first kappa shape index (κ1) is 18.0.